The maximum absolute atomic E-state index is 10.1. The summed E-state index contributed by atoms with van der Waals surface area (Å²) in [6.45, 7) is 0.888. The summed E-state index contributed by atoms with van der Waals surface area (Å²) in [7, 11) is 0. The molecule has 7 heteroatoms. The molecule has 0 bridgehead atoms. The van der Waals surface area contributed by atoms with Gasteiger partial charge in [0.1, 0.15) is 0 Å². The number of fused-ring (bicyclic) bond motifs is 2. The first kappa shape index (κ1) is 14.8. The number of benzene rings is 1. The van der Waals surface area contributed by atoms with E-state index >= 15 is 0 Å². The van der Waals surface area contributed by atoms with Gasteiger partial charge in [0.2, 0.25) is 5.91 Å². The molecule has 1 aliphatic rings. The van der Waals surface area contributed by atoms with Crippen LogP contribution in [0.2, 0.25) is 0 Å². The van der Waals surface area contributed by atoms with E-state index in [1.165, 1.54) is 4.70 Å². The van der Waals surface area contributed by atoms with E-state index in [0.29, 0.717) is 0 Å². The van der Waals surface area contributed by atoms with Crippen molar-refractivity contribution in [2.75, 3.05) is 6.54 Å². The molecule has 4 heterocycles. The van der Waals surface area contributed by atoms with Crippen LogP contribution in [0.5, 0.6) is 0 Å². The van der Waals surface area contributed by atoms with Gasteiger partial charge in [0.05, 0.1) is 27.6 Å². The first-order valence-electron chi connectivity index (χ1n) is 7.70. The fourth-order valence-corrected chi connectivity index (χ4v) is 3.23. The maximum Gasteiger partial charge on any atom is 0.220 e. The summed E-state index contributed by atoms with van der Waals surface area (Å²) in [4.78, 5) is 19.0. The average molecular weight is 337 g/mol. The van der Waals surface area contributed by atoms with E-state index in [1.807, 2.05) is 17.6 Å². The molecule has 0 aliphatic carbocycles. The number of carbonyl (C=O) groups excluding carboxylic acids is 1. The maximum atomic E-state index is 10.1. The van der Waals surface area contributed by atoms with Gasteiger partial charge >= 0.3 is 0 Å². The van der Waals surface area contributed by atoms with Crippen LogP contribution in [0.25, 0.3) is 32.5 Å². The van der Waals surface area contributed by atoms with Gasteiger partial charge in [-0.1, -0.05) is 6.07 Å². The van der Waals surface area contributed by atoms with Crippen LogP contribution in [0.1, 0.15) is 12.8 Å². The van der Waals surface area contributed by atoms with Crippen molar-refractivity contribution in [2.45, 2.75) is 12.8 Å². The summed E-state index contributed by atoms with van der Waals surface area (Å²) >= 11 is 1.65. The SMILES string of the molecule is O=C1CCCN1.c1nc2cc(-c3ccc4cn[nH]c4n3)ccc2s1. The molecule has 6 nitrogen and oxygen atoms in total. The number of pyridine rings is 1. The van der Waals surface area contributed by atoms with Gasteiger partial charge in [0.15, 0.2) is 5.65 Å². The van der Waals surface area contributed by atoms with E-state index in [4.69, 9.17) is 0 Å². The van der Waals surface area contributed by atoms with Gasteiger partial charge in [0, 0.05) is 23.9 Å². The van der Waals surface area contributed by atoms with Crippen molar-refractivity contribution >= 4 is 38.5 Å². The highest BCUT2D eigenvalue weighted by Gasteiger charge is 2.06. The number of rotatable bonds is 1. The Morgan fingerprint density at radius 3 is 2.92 bits per heavy atom. The first-order chi connectivity index (χ1) is 11.8. The van der Waals surface area contributed by atoms with Gasteiger partial charge in [-0.3, -0.25) is 9.89 Å². The summed E-state index contributed by atoms with van der Waals surface area (Å²) in [5.74, 6) is 0.204. The Morgan fingerprint density at radius 1 is 1.17 bits per heavy atom. The van der Waals surface area contributed by atoms with E-state index in [-0.39, 0.29) is 5.91 Å². The molecule has 0 saturated carbocycles. The molecule has 5 rings (SSSR count). The highest BCUT2D eigenvalue weighted by Crippen LogP contribution is 2.25. The Hall–Kier alpha value is -2.80. The number of nitrogens with zero attached hydrogens (tertiary/aromatic N) is 3. The molecule has 3 aromatic heterocycles. The van der Waals surface area contributed by atoms with Crippen molar-refractivity contribution in [1.82, 2.24) is 25.5 Å². The Labute approximate surface area is 141 Å². The molecule has 1 amide bonds. The highest BCUT2D eigenvalue weighted by molar-refractivity contribution is 7.16. The number of aromatic nitrogens is 4. The standard InChI is InChI=1S/C13H8N4S.C4H7NO/c1-3-10(16-13-9(1)6-15-17-13)8-2-4-12-11(5-8)14-7-18-12;6-4-2-1-3-5-4/h1-7H,(H,15,16,17);1-3H2,(H,5,6). The van der Waals surface area contributed by atoms with Crippen molar-refractivity contribution in [3.05, 3.63) is 42.0 Å². The molecule has 2 N–H and O–H groups in total. The lowest BCUT2D eigenvalue weighted by atomic mass is 10.1. The molecule has 0 atom stereocenters. The summed E-state index contributed by atoms with van der Waals surface area (Å²) in [6, 6.07) is 10.3. The molecule has 4 aromatic rings. The lowest BCUT2D eigenvalue weighted by molar-refractivity contribution is -0.119. The largest absolute Gasteiger partial charge is 0.356 e. The predicted octanol–water partition coefficient (Wildman–Crippen LogP) is 3.13. The summed E-state index contributed by atoms with van der Waals surface area (Å²) in [6.07, 6.45) is 3.54. The lowest BCUT2D eigenvalue weighted by Gasteiger charge is -2.00. The highest BCUT2D eigenvalue weighted by atomic mass is 32.1. The molecule has 1 fully saturated rings. The van der Waals surface area contributed by atoms with Crippen LogP contribution in [-0.2, 0) is 4.79 Å². The molecule has 0 spiro atoms. The number of hydrogen-bond donors (Lipinski definition) is 2. The molecule has 0 radical (unpaired) electrons. The van der Waals surface area contributed by atoms with Crippen molar-refractivity contribution in [3.63, 3.8) is 0 Å². The monoisotopic (exact) mass is 337 g/mol. The number of amides is 1. The molecule has 120 valence electrons. The van der Waals surface area contributed by atoms with Crippen LogP contribution in [0.15, 0.2) is 42.0 Å². The second-order valence-electron chi connectivity index (χ2n) is 5.49. The van der Waals surface area contributed by atoms with E-state index in [9.17, 15) is 4.79 Å². The Kier molecular flexibility index (Phi) is 3.92. The second-order valence-corrected chi connectivity index (χ2v) is 6.38. The lowest BCUT2D eigenvalue weighted by Crippen LogP contribution is -2.12. The Morgan fingerprint density at radius 2 is 2.12 bits per heavy atom. The minimum absolute atomic E-state index is 0.204. The number of thiazole rings is 1. The zero-order chi connectivity index (χ0) is 16.4. The van der Waals surface area contributed by atoms with Gasteiger partial charge < -0.3 is 5.32 Å². The van der Waals surface area contributed by atoms with Crippen LogP contribution >= 0.6 is 11.3 Å². The molecule has 1 aromatic carbocycles. The van der Waals surface area contributed by atoms with Gasteiger partial charge in [-0.2, -0.15) is 5.10 Å². The van der Waals surface area contributed by atoms with Crippen LogP contribution in [0.3, 0.4) is 0 Å². The topological polar surface area (TPSA) is 83.6 Å². The average Bonchev–Trinajstić information content (AvgIpc) is 3.35. The first-order valence-corrected chi connectivity index (χ1v) is 8.58. The number of nitrogens with one attached hydrogen (secondary N) is 2. The number of H-pyrrole nitrogens is 1. The van der Waals surface area contributed by atoms with Gasteiger partial charge in [0.25, 0.3) is 0 Å². The summed E-state index contributed by atoms with van der Waals surface area (Å²) in [5.41, 5.74) is 5.70. The molecular weight excluding hydrogens is 322 g/mol. The van der Waals surface area contributed by atoms with Gasteiger partial charge in [-0.25, -0.2) is 9.97 Å². The zero-order valence-corrected chi connectivity index (χ0v) is 13.6. The van der Waals surface area contributed by atoms with Crippen molar-refractivity contribution < 1.29 is 4.79 Å². The minimum Gasteiger partial charge on any atom is -0.356 e. The fourth-order valence-electron chi connectivity index (χ4n) is 2.57. The fraction of sp³-hybridized carbons (Fsp3) is 0.176. The molecule has 1 saturated heterocycles. The normalized spacial score (nSPS) is 13.8. The van der Waals surface area contributed by atoms with Crippen molar-refractivity contribution in [2.24, 2.45) is 0 Å². The van der Waals surface area contributed by atoms with Crippen molar-refractivity contribution in [1.29, 1.82) is 0 Å². The summed E-state index contributed by atoms with van der Waals surface area (Å²) in [5, 5.41) is 10.6. The summed E-state index contributed by atoms with van der Waals surface area (Å²) < 4.78 is 1.20. The third-order valence-electron chi connectivity index (χ3n) is 3.83. The molecule has 24 heavy (non-hydrogen) atoms. The van der Waals surface area contributed by atoms with Crippen LogP contribution in [0, 0.1) is 0 Å². The third kappa shape index (κ3) is 2.98. The van der Waals surface area contributed by atoms with E-state index in [1.54, 1.807) is 17.5 Å². The van der Waals surface area contributed by atoms with Gasteiger partial charge in [-0.15, -0.1) is 11.3 Å². The quantitative estimate of drug-likeness (QED) is 0.559. The number of aromatic amines is 1. The second kappa shape index (κ2) is 6.37. The predicted molar refractivity (Wildman–Crippen MR) is 94.7 cm³/mol. The van der Waals surface area contributed by atoms with Gasteiger partial charge in [-0.05, 0) is 30.7 Å². The smallest absolute Gasteiger partial charge is 0.220 e. The third-order valence-corrected chi connectivity index (χ3v) is 4.64. The van der Waals surface area contributed by atoms with Crippen LogP contribution in [0.4, 0.5) is 0 Å². The van der Waals surface area contributed by atoms with E-state index in [0.717, 1.165) is 47.2 Å². The minimum atomic E-state index is 0.204. The van der Waals surface area contributed by atoms with Crippen LogP contribution in [-0.4, -0.2) is 32.6 Å². The molecule has 0 unspecified atom stereocenters. The van der Waals surface area contributed by atoms with E-state index < -0.39 is 0 Å². The zero-order valence-electron chi connectivity index (χ0n) is 12.8. The molecule has 1 aliphatic heterocycles. The molecular formula is C17H15N5OS. The number of carbonyl (C=O) groups is 1. The Balaban J connectivity index is 0.000000207. The van der Waals surface area contributed by atoms with Crippen LogP contribution < -0.4 is 5.32 Å². The van der Waals surface area contributed by atoms with Crippen molar-refractivity contribution in [3.8, 4) is 11.3 Å². The number of hydrogen-bond acceptors (Lipinski definition) is 5. The Bertz CT molecular complexity index is 926. The van der Waals surface area contributed by atoms with E-state index in [2.05, 4.69) is 43.7 Å².